The minimum absolute atomic E-state index is 0.174. The Balaban J connectivity index is 1.48. The van der Waals surface area contributed by atoms with Crippen LogP contribution in [-0.2, 0) is 7.05 Å². The van der Waals surface area contributed by atoms with Gasteiger partial charge in [0.15, 0.2) is 0 Å². The lowest BCUT2D eigenvalue weighted by Crippen LogP contribution is -2.16. The summed E-state index contributed by atoms with van der Waals surface area (Å²) >= 11 is 0. The van der Waals surface area contributed by atoms with Crippen molar-refractivity contribution in [2.75, 3.05) is 13.7 Å². The molecule has 0 N–H and O–H groups in total. The van der Waals surface area contributed by atoms with Gasteiger partial charge in [0, 0.05) is 37.0 Å². The van der Waals surface area contributed by atoms with E-state index in [4.69, 9.17) is 9.47 Å². The summed E-state index contributed by atoms with van der Waals surface area (Å²) in [7, 11) is 3.31. The molecule has 144 valence electrons. The number of pyridine rings is 1. The van der Waals surface area contributed by atoms with Crippen LogP contribution in [0.15, 0.2) is 41.7 Å². The highest BCUT2D eigenvalue weighted by atomic mass is 16.5. The zero-order valence-corrected chi connectivity index (χ0v) is 16.0. The first-order valence-electron chi connectivity index (χ1n) is 9.04. The summed E-state index contributed by atoms with van der Waals surface area (Å²) in [5.41, 5.74) is 2.14. The first-order valence-corrected chi connectivity index (χ1v) is 9.04. The molecule has 1 aliphatic rings. The van der Waals surface area contributed by atoms with E-state index in [1.165, 1.54) is 10.8 Å². The summed E-state index contributed by atoms with van der Waals surface area (Å²) in [6.45, 7) is 2.35. The van der Waals surface area contributed by atoms with Gasteiger partial charge in [-0.25, -0.2) is 9.97 Å². The van der Waals surface area contributed by atoms with E-state index >= 15 is 0 Å². The maximum absolute atomic E-state index is 11.6. The number of hydrogen-bond acceptors (Lipinski definition) is 7. The Morgan fingerprint density at radius 1 is 1.18 bits per heavy atom. The van der Waals surface area contributed by atoms with E-state index in [2.05, 4.69) is 19.9 Å². The van der Waals surface area contributed by atoms with E-state index in [1.807, 2.05) is 19.1 Å². The van der Waals surface area contributed by atoms with Crippen LogP contribution in [0.3, 0.4) is 0 Å². The van der Waals surface area contributed by atoms with Crippen LogP contribution < -0.4 is 15.0 Å². The van der Waals surface area contributed by atoms with E-state index in [1.54, 1.807) is 32.7 Å². The smallest absolute Gasteiger partial charge is 0.268 e. The first kappa shape index (κ1) is 18.1. The number of hydrogen-bond donors (Lipinski definition) is 0. The Labute approximate surface area is 162 Å². The van der Waals surface area contributed by atoms with E-state index in [0.717, 1.165) is 17.9 Å². The third-order valence-electron chi connectivity index (χ3n) is 4.86. The van der Waals surface area contributed by atoms with Crippen LogP contribution in [0.5, 0.6) is 11.6 Å². The molecule has 0 saturated heterocycles. The standard InChI is InChI=1S/C20H21N5O3/c1-12-21-8-16(18-10-25(2)19(26)9-23-18)20(24-12)28-11-13-6-15(13)17-5-4-14(27-3)7-22-17/h4-5,7-10,13,15H,6,11H2,1-3H3. The molecule has 3 aromatic rings. The molecule has 3 heterocycles. The Hall–Kier alpha value is -3.29. The number of rotatable bonds is 6. The van der Waals surface area contributed by atoms with Gasteiger partial charge in [0.25, 0.3) is 5.56 Å². The predicted molar refractivity (Wildman–Crippen MR) is 102 cm³/mol. The number of aryl methyl sites for hydroxylation is 2. The molecule has 2 atom stereocenters. The van der Waals surface area contributed by atoms with Gasteiger partial charge in [-0.05, 0) is 25.5 Å². The third kappa shape index (κ3) is 3.71. The van der Waals surface area contributed by atoms with Crippen molar-refractivity contribution >= 4 is 0 Å². The highest BCUT2D eigenvalue weighted by molar-refractivity contribution is 5.62. The average Bonchev–Trinajstić information content (AvgIpc) is 3.48. The number of methoxy groups -OCH3 is 1. The summed E-state index contributed by atoms with van der Waals surface area (Å²) < 4.78 is 12.7. The topological polar surface area (TPSA) is 92.0 Å². The van der Waals surface area contributed by atoms with Gasteiger partial charge in [-0.2, -0.15) is 4.98 Å². The lowest BCUT2D eigenvalue weighted by atomic mass is 10.2. The molecule has 2 unspecified atom stereocenters. The monoisotopic (exact) mass is 379 g/mol. The van der Waals surface area contributed by atoms with Gasteiger partial charge in [-0.15, -0.1) is 0 Å². The molecule has 0 bridgehead atoms. The van der Waals surface area contributed by atoms with Crippen molar-refractivity contribution in [1.29, 1.82) is 0 Å². The second kappa shape index (κ2) is 7.38. The molecular formula is C20H21N5O3. The molecule has 1 saturated carbocycles. The van der Waals surface area contributed by atoms with Crippen molar-refractivity contribution in [3.05, 3.63) is 58.8 Å². The number of aromatic nitrogens is 5. The zero-order valence-electron chi connectivity index (χ0n) is 16.0. The average molecular weight is 379 g/mol. The molecule has 4 rings (SSSR count). The Morgan fingerprint density at radius 2 is 2.04 bits per heavy atom. The maximum Gasteiger partial charge on any atom is 0.268 e. The molecular weight excluding hydrogens is 358 g/mol. The van der Waals surface area contributed by atoms with Gasteiger partial charge in [0.1, 0.15) is 11.6 Å². The zero-order chi connectivity index (χ0) is 19.7. The van der Waals surface area contributed by atoms with Crippen molar-refractivity contribution < 1.29 is 9.47 Å². The molecule has 0 aromatic carbocycles. The summed E-state index contributed by atoms with van der Waals surface area (Å²) in [4.78, 5) is 29.0. The van der Waals surface area contributed by atoms with Crippen LogP contribution in [0, 0.1) is 12.8 Å². The summed E-state index contributed by atoms with van der Waals surface area (Å²) in [5, 5.41) is 0. The van der Waals surface area contributed by atoms with Crippen LogP contribution in [0.2, 0.25) is 0 Å². The van der Waals surface area contributed by atoms with Crippen molar-refractivity contribution in [1.82, 2.24) is 24.5 Å². The van der Waals surface area contributed by atoms with Crippen LogP contribution in [-0.4, -0.2) is 38.2 Å². The van der Waals surface area contributed by atoms with E-state index in [0.29, 0.717) is 41.4 Å². The fraction of sp³-hybridized carbons (Fsp3) is 0.350. The second-order valence-corrected chi connectivity index (χ2v) is 6.89. The Morgan fingerprint density at radius 3 is 2.75 bits per heavy atom. The quantitative estimate of drug-likeness (QED) is 0.648. The van der Waals surface area contributed by atoms with Crippen LogP contribution in [0.4, 0.5) is 0 Å². The van der Waals surface area contributed by atoms with Gasteiger partial charge in [-0.1, -0.05) is 0 Å². The molecule has 0 aliphatic heterocycles. The van der Waals surface area contributed by atoms with Crippen molar-refractivity contribution in [2.24, 2.45) is 13.0 Å². The number of ether oxygens (including phenoxy) is 2. The normalized spacial score (nSPS) is 18.0. The molecule has 1 fully saturated rings. The molecule has 0 radical (unpaired) electrons. The summed E-state index contributed by atoms with van der Waals surface area (Å²) in [5.74, 6) is 2.62. The SMILES string of the molecule is COc1ccc(C2CC2COc2nc(C)ncc2-c2cn(C)c(=O)cn2)nc1. The predicted octanol–water partition coefficient (Wildman–Crippen LogP) is 2.13. The molecule has 3 aromatic heterocycles. The van der Waals surface area contributed by atoms with E-state index in [9.17, 15) is 4.79 Å². The summed E-state index contributed by atoms with van der Waals surface area (Å²) in [6.07, 6.45) is 7.38. The molecule has 0 spiro atoms. The summed E-state index contributed by atoms with van der Waals surface area (Å²) in [6, 6.07) is 3.92. The van der Waals surface area contributed by atoms with E-state index < -0.39 is 0 Å². The molecule has 28 heavy (non-hydrogen) atoms. The fourth-order valence-electron chi connectivity index (χ4n) is 3.08. The van der Waals surface area contributed by atoms with Crippen LogP contribution >= 0.6 is 0 Å². The molecule has 1 aliphatic carbocycles. The first-order chi connectivity index (χ1) is 13.5. The maximum atomic E-state index is 11.6. The van der Waals surface area contributed by atoms with E-state index in [-0.39, 0.29) is 5.56 Å². The molecule has 0 amide bonds. The van der Waals surface area contributed by atoms with Crippen molar-refractivity contribution in [3.8, 4) is 22.9 Å². The fourth-order valence-corrected chi connectivity index (χ4v) is 3.08. The minimum Gasteiger partial charge on any atom is -0.495 e. The molecule has 8 heteroatoms. The Bertz CT molecular complexity index is 1050. The van der Waals surface area contributed by atoms with Gasteiger partial charge < -0.3 is 14.0 Å². The third-order valence-corrected chi connectivity index (χ3v) is 4.86. The number of nitrogens with zero attached hydrogens (tertiary/aromatic N) is 5. The van der Waals surface area contributed by atoms with Gasteiger partial charge in [-0.3, -0.25) is 9.78 Å². The highest BCUT2D eigenvalue weighted by Gasteiger charge is 2.40. The second-order valence-electron chi connectivity index (χ2n) is 6.89. The lowest BCUT2D eigenvalue weighted by molar-refractivity contribution is 0.285. The van der Waals surface area contributed by atoms with Gasteiger partial charge >= 0.3 is 0 Å². The highest BCUT2D eigenvalue weighted by Crippen LogP contribution is 2.47. The van der Waals surface area contributed by atoms with Gasteiger partial charge in [0.2, 0.25) is 5.88 Å². The van der Waals surface area contributed by atoms with Crippen molar-refractivity contribution in [2.45, 2.75) is 19.3 Å². The van der Waals surface area contributed by atoms with Gasteiger partial charge in [0.05, 0.1) is 37.4 Å². The van der Waals surface area contributed by atoms with Crippen LogP contribution in [0.1, 0.15) is 23.9 Å². The minimum atomic E-state index is -0.174. The molecule has 8 nitrogen and oxygen atoms in total. The Kier molecular flexibility index (Phi) is 4.77. The lowest BCUT2D eigenvalue weighted by Gasteiger charge is -2.11. The largest absolute Gasteiger partial charge is 0.495 e. The van der Waals surface area contributed by atoms with Crippen LogP contribution in [0.25, 0.3) is 11.3 Å². The van der Waals surface area contributed by atoms with Crippen molar-refractivity contribution in [3.63, 3.8) is 0 Å².